The van der Waals surface area contributed by atoms with Gasteiger partial charge in [0.1, 0.15) is 0 Å². The zero-order valence-electron chi connectivity index (χ0n) is 15.1. The Balaban J connectivity index is 1.52. The maximum atomic E-state index is 5.34. The van der Waals surface area contributed by atoms with Crippen molar-refractivity contribution in [2.75, 3.05) is 11.4 Å². The molecule has 2 heterocycles. The molecule has 1 aliphatic rings. The van der Waals surface area contributed by atoms with E-state index in [0.717, 1.165) is 30.2 Å². The van der Waals surface area contributed by atoms with Gasteiger partial charge in [0.25, 0.3) is 0 Å². The minimum atomic E-state index is 0.864. The number of aliphatic imine (C=N–C) groups is 1. The van der Waals surface area contributed by atoms with Gasteiger partial charge in [-0.15, -0.1) is 11.3 Å². The van der Waals surface area contributed by atoms with Crippen LogP contribution >= 0.6 is 11.3 Å². The van der Waals surface area contributed by atoms with Crippen LogP contribution in [0.25, 0.3) is 0 Å². The van der Waals surface area contributed by atoms with Crippen LogP contribution in [0.15, 0.2) is 72.0 Å². The lowest BCUT2D eigenvalue weighted by molar-refractivity contribution is 0.765. The van der Waals surface area contributed by atoms with Gasteiger partial charge in [-0.05, 0) is 54.4 Å². The third-order valence-corrected chi connectivity index (χ3v) is 5.61. The van der Waals surface area contributed by atoms with E-state index < -0.39 is 0 Å². The Hall–Kier alpha value is -2.92. The van der Waals surface area contributed by atoms with Crippen molar-refractivity contribution in [2.45, 2.75) is 19.3 Å². The molecule has 136 valence electrons. The standard InChI is InChI=1S/C22H22N4S/c23-11-5-12-24-19-9-3-6-17(14-19)15-20-16-25-22(27-20)26-13-4-8-18-7-1-2-10-21(18)26/h1-3,5-7,9-12,14,16H,4,8,13,15,23H2. The Morgan fingerprint density at radius 1 is 1.19 bits per heavy atom. The lowest BCUT2D eigenvalue weighted by Gasteiger charge is -2.28. The van der Waals surface area contributed by atoms with E-state index in [2.05, 4.69) is 46.3 Å². The fourth-order valence-corrected chi connectivity index (χ4v) is 4.35. The molecule has 4 rings (SSSR count). The van der Waals surface area contributed by atoms with E-state index in [-0.39, 0.29) is 0 Å². The molecule has 0 radical (unpaired) electrons. The summed E-state index contributed by atoms with van der Waals surface area (Å²) < 4.78 is 0. The molecule has 5 heteroatoms. The molecule has 4 nitrogen and oxygen atoms in total. The van der Waals surface area contributed by atoms with Crippen LogP contribution in [0.2, 0.25) is 0 Å². The summed E-state index contributed by atoms with van der Waals surface area (Å²) in [6, 6.07) is 16.9. The Morgan fingerprint density at radius 2 is 2.11 bits per heavy atom. The zero-order valence-corrected chi connectivity index (χ0v) is 15.9. The normalized spacial score (nSPS) is 14.1. The molecule has 2 N–H and O–H groups in total. The van der Waals surface area contributed by atoms with Crippen LogP contribution in [0.3, 0.4) is 0 Å². The number of thiazole rings is 1. The predicted molar refractivity (Wildman–Crippen MR) is 115 cm³/mol. The maximum absolute atomic E-state index is 5.34. The maximum Gasteiger partial charge on any atom is 0.190 e. The first-order valence-electron chi connectivity index (χ1n) is 9.13. The van der Waals surface area contributed by atoms with Crippen molar-refractivity contribution in [1.82, 2.24) is 4.98 Å². The number of anilines is 2. The number of nitrogens with two attached hydrogens (primary N) is 1. The van der Waals surface area contributed by atoms with Gasteiger partial charge in [0.05, 0.1) is 5.69 Å². The number of benzene rings is 2. The lowest BCUT2D eigenvalue weighted by atomic mass is 10.0. The van der Waals surface area contributed by atoms with E-state index in [0.29, 0.717) is 0 Å². The van der Waals surface area contributed by atoms with Crippen molar-refractivity contribution in [2.24, 2.45) is 10.7 Å². The summed E-state index contributed by atoms with van der Waals surface area (Å²) in [4.78, 5) is 12.7. The van der Waals surface area contributed by atoms with Crippen molar-refractivity contribution in [3.8, 4) is 0 Å². The number of rotatable bonds is 5. The molecule has 0 saturated heterocycles. The first-order valence-corrected chi connectivity index (χ1v) is 9.95. The van der Waals surface area contributed by atoms with Crippen molar-refractivity contribution in [3.05, 3.63) is 83.0 Å². The van der Waals surface area contributed by atoms with Crippen LogP contribution < -0.4 is 10.6 Å². The summed E-state index contributed by atoms with van der Waals surface area (Å²) in [7, 11) is 0. The van der Waals surface area contributed by atoms with Crippen LogP contribution in [-0.2, 0) is 12.8 Å². The first-order chi connectivity index (χ1) is 13.3. The molecular weight excluding hydrogens is 352 g/mol. The van der Waals surface area contributed by atoms with Crippen molar-refractivity contribution >= 4 is 34.1 Å². The summed E-state index contributed by atoms with van der Waals surface area (Å²) in [6.07, 6.45) is 10.1. The number of nitrogens with zero attached hydrogens (tertiary/aromatic N) is 3. The van der Waals surface area contributed by atoms with E-state index in [4.69, 9.17) is 10.7 Å². The van der Waals surface area contributed by atoms with Gasteiger partial charge in [-0.2, -0.15) is 0 Å². The van der Waals surface area contributed by atoms with E-state index in [1.54, 1.807) is 23.6 Å². The molecule has 3 aromatic rings. The molecule has 0 unspecified atom stereocenters. The molecule has 27 heavy (non-hydrogen) atoms. The smallest absolute Gasteiger partial charge is 0.190 e. The third-order valence-electron chi connectivity index (χ3n) is 4.59. The fraction of sp³-hybridized carbons (Fsp3) is 0.182. The van der Waals surface area contributed by atoms with Crippen molar-refractivity contribution in [1.29, 1.82) is 0 Å². The summed E-state index contributed by atoms with van der Waals surface area (Å²) in [6.45, 7) is 1.03. The second kappa shape index (κ2) is 8.18. The molecule has 0 bridgehead atoms. The minimum absolute atomic E-state index is 0.864. The molecular formula is C22H22N4S. The van der Waals surface area contributed by atoms with Gasteiger partial charge < -0.3 is 10.6 Å². The summed E-state index contributed by atoms with van der Waals surface area (Å²) in [5, 5.41) is 1.08. The van der Waals surface area contributed by atoms with Crippen LogP contribution in [-0.4, -0.2) is 17.7 Å². The highest BCUT2D eigenvalue weighted by atomic mass is 32.1. The van der Waals surface area contributed by atoms with E-state index in [9.17, 15) is 0 Å². The molecule has 1 aliphatic heterocycles. The highest BCUT2D eigenvalue weighted by molar-refractivity contribution is 7.15. The van der Waals surface area contributed by atoms with Gasteiger partial charge in [0, 0.05) is 35.9 Å². The van der Waals surface area contributed by atoms with E-state index in [1.165, 1.54) is 34.3 Å². The number of hydrogen-bond acceptors (Lipinski definition) is 5. The number of aromatic nitrogens is 1. The number of fused-ring (bicyclic) bond motifs is 1. The minimum Gasteiger partial charge on any atom is -0.405 e. The highest BCUT2D eigenvalue weighted by Gasteiger charge is 2.20. The van der Waals surface area contributed by atoms with Gasteiger partial charge in [-0.3, -0.25) is 4.99 Å². The Morgan fingerprint density at radius 3 is 3.04 bits per heavy atom. The molecule has 0 fully saturated rings. The largest absolute Gasteiger partial charge is 0.405 e. The summed E-state index contributed by atoms with van der Waals surface area (Å²) >= 11 is 1.77. The predicted octanol–water partition coefficient (Wildman–Crippen LogP) is 4.99. The third kappa shape index (κ3) is 4.09. The summed E-state index contributed by atoms with van der Waals surface area (Å²) in [5.74, 6) is 0. The second-order valence-corrected chi connectivity index (χ2v) is 7.60. The van der Waals surface area contributed by atoms with Crippen molar-refractivity contribution < 1.29 is 0 Å². The SMILES string of the molecule is NC=CC=Nc1cccc(Cc2cnc(N3CCCc4ccccc43)s2)c1. The average molecular weight is 375 g/mol. The lowest BCUT2D eigenvalue weighted by Crippen LogP contribution is -2.24. The number of para-hydroxylation sites is 1. The quantitative estimate of drug-likeness (QED) is 0.640. The fourth-order valence-electron chi connectivity index (χ4n) is 3.36. The molecule has 0 saturated carbocycles. The molecule has 0 amide bonds. The number of allylic oxidation sites excluding steroid dienone is 1. The van der Waals surface area contributed by atoms with E-state index >= 15 is 0 Å². The Bertz CT molecular complexity index is 974. The van der Waals surface area contributed by atoms with Gasteiger partial charge >= 0.3 is 0 Å². The Labute approximate surface area is 163 Å². The van der Waals surface area contributed by atoms with Crippen molar-refractivity contribution in [3.63, 3.8) is 0 Å². The molecule has 0 aliphatic carbocycles. The summed E-state index contributed by atoms with van der Waals surface area (Å²) in [5.41, 5.74) is 10.2. The van der Waals surface area contributed by atoms with Gasteiger partial charge in [0.15, 0.2) is 5.13 Å². The molecule has 0 spiro atoms. The second-order valence-electron chi connectivity index (χ2n) is 6.50. The highest BCUT2D eigenvalue weighted by Crippen LogP contribution is 2.36. The molecule has 1 aromatic heterocycles. The Kier molecular flexibility index (Phi) is 5.30. The van der Waals surface area contributed by atoms with Crippen LogP contribution in [0.1, 0.15) is 22.4 Å². The van der Waals surface area contributed by atoms with E-state index in [1.807, 2.05) is 18.3 Å². The molecule has 0 atom stereocenters. The van der Waals surface area contributed by atoms with Gasteiger partial charge in [0.2, 0.25) is 0 Å². The zero-order chi connectivity index (χ0) is 18.5. The molecule has 2 aromatic carbocycles. The van der Waals surface area contributed by atoms with Crippen LogP contribution in [0, 0.1) is 0 Å². The monoisotopic (exact) mass is 374 g/mol. The first kappa shape index (κ1) is 17.5. The topological polar surface area (TPSA) is 54.5 Å². The number of aryl methyl sites for hydroxylation is 1. The van der Waals surface area contributed by atoms with Gasteiger partial charge in [-0.25, -0.2) is 4.98 Å². The van der Waals surface area contributed by atoms with Gasteiger partial charge in [-0.1, -0.05) is 30.3 Å². The average Bonchev–Trinajstić information content (AvgIpc) is 3.16. The van der Waals surface area contributed by atoms with Crippen LogP contribution in [0.4, 0.5) is 16.5 Å². The van der Waals surface area contributed by atoms with Crippen LogP contribution in [0.5, 0.6) is 0 Å². The number of hydrogen-bond donors (Lipinski definition) is 1.